The standard InChI is InChI=1S/C33H26Cl2O9/c1-11-6-13-19(17(8-11)42-3)29(38)23-15(36)10-16(37)27(34)24(23)21(13)22-14-7-12(2)9-18(43-4)20(14)30(39)26-25(22)28(35)32(41)33(44-5)31(26)40/h6-10,21-22,36-37,40-41H,1-5H3/t21-,22+/m1/s1. The van der Waals surface area contributed by atoms with Crippen molar-refractivity contribution in [2.75, 3.05) is 21.3 Å². The monoisotopic (exact) mass is 636 g/mol. The fourth-order valence-electron chi connectivity index (χ4n) is 6.70. The first-order valence-corrected chi connectivity index (χ1v) is 14.1. The molecule has 44 heavy (non-hydrogen) atoms. The molecule has 0 saturated heterocycles. The summed E-state index contributed by atoms with van der Waals surface area (Å²) >= 11 is 13.6. The molecule has 0 aromatic heterocycles. The van der Waals surface area contributed by atoms with Gasteiger partial charge in [0.1, 0.15) is 23.0 Å². The van der Waals surface area contributed by atoms with E-state index in [9.17, 15) is 30.0 Å². The van der Waals surface area contributed by atoms with Crippen molar-refractivity contribution in [3.05, 3.63) is 96.0 Å². The predicted molar refractivity (Wildman–Crippen MR) is 162 cm³/mol. The van der Waals surface area contributed by atoms with Crippen LogP contribution >= 0.6 is 23.2 Å². The number of fused-ring (bicyclic) bond motifs is 4. The molecule has 0 spiro atoms. The van der Waals surface area contributed by atoms with Gasteiger partial charge in [0.2, 0.25) is 17.3 Å². The van der Waals surface area contributed by atoms with Crippen LogP contribution < -0.4 is 14.2 Å². The molecule has 11 heteroatoms. The molecule has 226 valence electrons. The van der Waals surface area contributed by atoms with E-state index in [0.717, 1.165) is 6.07 Å². The number of aromatic hydroxyl groups is 4. The Hall–Kier alpha value is -4.60. The number of ketones is 2. The molecule has 2 aliphatic rings. The van der Waals surface area contributed by atoms with Crippen molar-refractivity contribution in [1.82, 2.24) is 0 Å². The fourth-order valence-corrected chi connectivity index (χ4v) is 7.26. The lowest BCUT2D eigenvalue weighted by molar-refractivity contribution is 0.101. The van der Waals surface area contributed by atoms with Crippen LogP contribution in [0.4, 0.5) is 0 Å². The Morgan fingerprint density at radius 2 is 1.07 bits per heavy atom. The highest BCUT2D eigenvalue weighted by Crippen LogP contribution is 2.61. The molecular weight excluding hydrogens is 611 g/mol. The van der Waals surface area contributed by atoms with E-state index in [4.69, 9.17) is 37.4 Å². The van der Waals surface area contributed by atoms with E-state index in [1.807, 2.05) is 0 Å². The van der Waals surface area contributed by atoms with E-state index in [0.29, 0.717) is 22.3 Å². The summed E-state index contributed by atoms with van der Waals surface area (Å²) < 4.78 is 16.5. The zero-order valence-electron chi connectivity index (χ0n) is 24.1. The molecule has 2 aliphatic carbocycles. The molecule has 4 aromatic carbocycles. The third-order valence-electron chi connectivity index (χ3n) is 8.37. The molecular formula is C33H26Cl2O9. The van der Waals surface area contributed by atoms with Crippen LogP contribution in [0.3, 0.4) is 0 Å². The summed E-state index contributed by atoms with van der Waals surface area (Å²) in [5.41, 5.74) is 2.12. The summed E-state index contributed by atoms with van der Waals surface area (Å²) in [6.07, 6.45) is 0. The highest BCUT2D eigenvalue weighted by molar-refractivity contribution is 6.35. The van der Waals surface area contributed by atoms with Crippen LogP contribution in [0, 0.1) is 13.8 Å². The van der Waals surface area contributed by atoms with Crippen molar-refractivity contribution in [2.24, 2.45) is 0 Å². The molecule has 0 bridgehead atoms. The summed E-state index contributed by atoms with van der Waals surface area (Å²) in [6.45, 7) is 3.60. The Morgan fingerprint density at radius 3 is 1.55 bits per heavy atom. The van der Waals surface area contributed by atoms with E-state index < -0.39 is 52.1 Å². The smallest absolute Gasteiger partial charge is 0.205 e. The van der Waals surface area contributed by atoms with Gasteiger partial charge in [-0.2, -0.15) is 0 Å². The van der Waals surface area contributed by atoms with Gasteiger partial charge in [0.05, 0.1) is 53.6 Å². The van der Waals surface area contributed by atoms with Gasteiger partial charge in [0.15, 0.2) is 11.5 Å². The summed E-state index contributed by atoms with van der Waals surface area (Å²) in [6, 6.07) is 7.82. The van der Waals surface area contributed by atoms with Crippen LogP contribution in [-0.2, 0) is 0 Å². The normalized spacial score (nSPS) is 16.5. The van der Waals surface area contributed by atoms with Crippen molar-refractivity contribution < 1.29 is 44.2 Å². The molecule has 0 unspecified atom stereocenters. The van der Waals surface area contributed by atoms with Gasteiger partial charge in [0, 0.05) is 17.9 Å². The second kappa shape index (κ2) is 10.2. The highest BCUT2D eigenvalue weighted by Gasteiger charge is 2.49. The van der Waals surface area contributed by atoms with Crippen molar-refractivity contribution in [3.63, 3.8) is 0 Å². The van der Waals surface area contributed by atoms with Gasteiger partial charge < -0.3 is 34.6 Å². The maximum Gasteiger partial charge on any atom is 0.205 e. The number of ether oxygens (including phenoxy) is 3. The molecule has 0 aliphatic heterocycles. The Kier molecular flexibility index (Phi) is 6.86. The molecule has 4 aromatic rings. The van der Waals surface area contributed by atoms with E-state index in [1.54, 1.807) is 38.1 Å². The first kappa shape index (κ1) is 29.5. The minimum absolute atomic E-state index is 0.0308. The number of benzene rings is 4. The van der Waals surface area contributed by atoms with Crippen LogP contribution in [0.15, 0.2) is 30.3 Å². The molecule has 0 amide bonds. The second-order valence-electron chi connectivity index (χ2n) is 10.8. The molecule has 9 nitrogen and oxygen atoms in total. The molecule has 2 atom stereocenters. The lowest BCUT2D eigenvalue weighted by atomic mass is 9.63. The molecule has 0 saturated carbocycles. The molecule has 4 N–H and O–H groups in total. The summed E-state index contributed by atoms with van der Waals surface area (Å²) in [5.74, 6) is -5.53. The fraction of sp³-hybridized carbons (Fsp3) is 0.212. The highest BCUT2D eigenvalue weighted by atomic mass is 35.5. The van der Waals surface area contributed by atoms with Crippen molar-refractivity contribution in [2.45, 2.75) is 25.7 Å². The Morgan fingerprint density at radius 1 is 0.591 bits per heavy atom. The first-order valence-electron chi connectivity index (χ1n) is 13.4. The lowest BCUT2D eigenvalue weighted by Gasteiger charge is -2.40. The number of hydrogen-bond acceptors (Lipinski definition) is 9. The topological polar surface area (TPSA) is 143 Å². The number of phenolic OH excluding ortho intramolecular Hbond substituents is 4. The van der Waals surface area contributed by atoms with Gasteiger partial charge in [-0.1, -0.05) is 35.3 Å². The third-order valence-corrected chi connectivity index (χ3v) is 9.15. The molecule has 0 radical (unpaired) electrons. The molecule has 0 heterocycles. The van der Waals surface area contributed by atoms with Crippen LogP contribution in [0.2, 0.25) is 10.0 Å². The number of aryl methyl sites for hydroxylation is 2. The van der Waals surface area contributed by atoms with Gasteiger partial charge >= 0.3 is 0 Å². The first-order chi connectivity index (χ1) is 20.9. The average molecular weight is 637 g/mol. The van der Waals surface area contributed by atoms with E-state index in [2.05, 4.69) is 0 Å². The molecule has 6 rings (SSSR count). The summed E-state index contributed by atoms with van der Waals surface area (Å²) in [7, 11) is 4.02. The Labute approximate surface area is 261 Å². The minimum Gasteiger partial charge on any atom is -0.507 e. The van der Waals surface area contributed by atoms with Crippen LogP contribution in [0.5, 0.6) is 40.2 Å². The third kappa shape index (κ3) is 3.85. The minimum atomic E-state index is -1.04. The van der Waals surface area contributed by atoms with Crippen molar-refractivity contribution in [1.29, 1.82) is 0 Å². The van der Waals surface area contributed by atoms with Crippen LogP contribution in [-0.4, -0.2) is 53.3 Å². The maximum absolute atomic E-state index is 14.2. The number of hydrogen-bond donors (Lipinski definition) is 4. The summed E-state index contributed by atoms with van der Waals surface area (Å²) in [4.78, 5) is 28.3. The van der Waals surface area contributed by atoms with Gasteiger partial charge in [-0.25, -0.2) is 0 Å². The van der Waals surface area contributed by atoms with Crippen molar-refractivity contribution in [3.8, 4) is 40.2 Å². The average Bonchev–Trinajstić information content (AvgIpc) is 2.98. The Bertz CT molecular complexity index is 1960. The van der Waals surface area contributed by atoms with E-state index in [1.165, 1.54) is 21.3 Å². The lowest BCUT2D eigenvalue weighted by Crippen LogP contribution is -2.31. The number of halogens is 2. The van der Waals surface area contributed by atoms with Gasteiger partial charge in [-0.05, 0) is 59.4 Å². The SMILES string of the molecule is COc1cc(C)cc2c1C(=O)c1c(O)c(OC)c(O)c(Cl)c1[C@@H]2[C@H]1c2cc(C)cc(OC)c2C(=O)c2c(O)cc(O)c(Cl)c21. The zero-order valence-corrected chi connectivity index (χ0v) is 25.6. The summed E-state index contributed by atoms with van der Waals surface area (Å²) in [5, 5.41) is 43.9. The second-order valence-corrected chi connectivity index (χ2v) is 11.6. The van der Waals surface area contributed by atoms with Gasteiger partial charge in [0.25, 0.3) is 0 Å². The predicted octanol–water partition coefficient (Wildman–Crippen LogP) is 6.51. The Balaban J connectivity index is 1.87. The maximum atomic E-state index is 14.2. The zero-order chi connectivity index (χ0) is 31.9. The number of carbonyl (C=O) groups excluding carboxylic acids is 2. The number of rotatable bonds is 4. The quantitative estimate of drug-likeness (QED) is 0.197. The van der Waals surface area contributed by atoms with Crippen LogP contribution in [0.1, 0.15) is 77.1 Å². The molecule has 0 fully saturated rings. The largest absolute Gasteiger partial charge is 0.507 e. The number of methoxy groups -OCH3 is 3. The van der Waals surface area contributed by atoms with Gasteiger partial charge in [-0.3, -0.25) is 9.59 Å². The number of carbonyl (C=O) groups is 2. The van der Waals surface area contributed by atoms with Crippen LogP contribution in [0.25, 0.3) is 0 Å². The number of phenols is 4. The van der Waals surface area contributed by atoms with E-state index in [-0.39, 0.29) is 54.9 Å². The van der Waals surface area contributed by atoms with Gasteiger partial charge in [-0.15, -0.1) is 0 Å². The van der Waals surface area contributed by atoms with Crippen molar-refractivity contribution >= 4 is 34.8 Å². The van der Waals surface area contributed by atoms with E-state index >= 15 is 0 Å².